The minimum Gasteiger partial charge on any atom is -0.393 e. The summed E-state index contributed by atoms with van der Waals surface area (Å²) in [5, 5.41) is 18.6. The summed E-state index contributed by atoms with van der Waals surface area (Å²) in [4.78, 5) is 9.21. The Hall–Kier alpha value is -2.48. The molecule has 206 valence electrons. The van der Waals surface area contributed by atoms with Crippen LogP contribution in [0.15, 0.2) is 40.4 Å². The van der Waals surface area contributed by atoms with Crippen LogP contribution in [0.4, 0.5) is 0 Å². The summed E-state index contributed by atoms with van der Waals surface area (Å²) in [6, 6.07) is 11.7. The molecule has 2 saturated carbocycles. The van der Waals surface area contributed by atoms with E-state index in [0.717, 1.165) is 76.4 Å². The maximum absolute atomic E-state index is 10.1. The van der Waals surface area contributed by atoms with Crippen molar-refractivity contribution in [2.24, 2.45) is 16.0 Å². The molecule has 0 amide bonds. The standard InChI is InChI=1S/C31H46N6O/c1-22(19-24-5-6-24)33-31(32-3)34-37-23(2)29(20-30(37)27-11-13-28(38)14-12-27)26-9-7-25(8-10-26)21-36-17-15-35(4)16-18-36/h7-10,20,22,24,27-28,38H,3,5-6,11-19,21H2,1-2,4H3,(H,33,34)/t22-,27-,28-/m0/s1. The first kappa shape index (κ1) is 27.1. The Kier molecular flexibility index (Phi) is 8.66. The molecular formula is C31H46N6O. The average Bonchev–Trinajstić information content (AvgIpc) is 3.68. The summed E-state index contributed by atoms with van der Waals surface area (Å²) >= 11 is 0. The molecule has 0 radical (unpaired) electrons. The molecule has 0 spiro atoms. The quantitative estimate of drug-likeness (QED) is 0.388. The van der Waals surface area contributed by atoms with Gasteiger partial charge in [-0.05, 0) is 82.8 Å². The Bertz CT molecular complexity index is 1100. The Labute approximate surface area is 228 Å². The number of guanidine groups is 1. The van der Waals surface area contributed by atoms with Gasteiger partial charge in [-0.1, -0.05) is 37.1 Å². The van der Waals surface area contributed by atoms with Gasteiger partial charge in [0.15, 0.2) is 0 Å². The summed E-state index contributed by atoms with van der Waals surface area (Å²) in [7, 11) is 2.20. The van der Waals surface area contributed by atoms with Crippen LogP contribution in [-0.2, 0) is 6.54 Å². The monoisotopic (exact) mass is 518 g/mol. The molecule has 0 unspecified atom stereocenters. The van der Waals surface area contributed by atoms with Crippen LogP contribution in [0, 0.1) is 12.8 Å². The van der Waals surface area contributed by atoms with Gasteiger partial charge in [-0.2, -0.15) is 0 Å². The number of aliphatic hydroxyl groups is 1. The van der Waals surface area contributed by atoms with E-state index in [2.05, 4.69) is 82.7 Å². The lowest BCUT2D eigenvalue weighted by molar-refractivity contribution is 0.121. The number of likely N-dealkylation sites (N-methyl/N-ethyl adjacent to an activating group) is 1. The smallest absolute Gasteiger partial charge is 0.240 e. The molecule has 2 aliphatic carbocycles. The van der Waals surface area contributed by atoms with Crippen molar-refractivity contribution in [3.05, 3.63) is 47.3 Å². The van der Waals surface area contributed by atoms with E-state index < -0.39 is 0 Å². The fourth-order valence-corrected chi connectivity index (χ4v) is 6.10. The van der Waals surface area contributed by atoms with Crippen molar-refractivity contribution in [2.45, 2.75) is 83.4 Å². The predicted molar refractivity (Wildman–Crippen MR) is 157 cm³/mol. The van der Waals surface area contributed by atoms with Crippen LogP contribution < -0.4 is 5.32 Å². The largest absolute Gasteiger partial charge is 0.393 e. The van der Waals surface area contributed by atoms with Crippen LogP contribution in [0.25, 0.3) is 11.1 Å². The summed E-state index contributed by atoms with van der Waals surface area (Å²) in [6.45, 7) is 13.7. The van der Waals surface area contributed by atoms with E-state index in [4.69, 9.17) is 5.10 Å². The van der Waals surface area contributed by atoms with Gasteiger partial charge in [-0.25, -0.2) is 9.67 Å². The molecule has 5 rings (SSSR count). The molecule has 3 fully saturated rings. The molecule has 7 nitrogen and oxygen atoms in total. The maximum Gasteiger partial charge on any atom is 0.240 e. The highest BCUT2D eigenvalue weighted by atomic mass is 16.3. The summed E-state index contributed by atoms with van der Waals surface area (Å²) in [5.74, 6) is 1.80. The van der Waals surface area contributed by atoms with Crippen LogP contribution in [0.3, 0.4) is 0 Å². The number of hydrogen-bond acceptors (Lipinski definition) is 4. The molecular weight excluding hydrogens is 472 g/mol. The molecule has 1 saturated heterocycles. The summed E-state index contributed by atoms with van der Waals surface area (Å²) in [5.41, 5.74) is 6.13. The molecule has 2 heterocycles. The first-order chi connectivity index (χ1) is 18.4. The van der Waals surface area contributed by atoms with Crippen molar-refractivity contribution >= 4 is 12.7 Å². The molecule has 1 aliphatic heterocycles. The zero-order valence-corrected chi connectivity index (χ0v) is 23.6. The van der Waals surface area contributed by atoms with E-state index in [0.29, 0.717) is 17.9 Å². The van der Waals surface area contributed by atoms with E-state index in [1.807, 2.05) is 0 Å². The first-order valence-corrected chi connectivity index (χ1v) is 14.6. The maximum atomic E-state index is 10.1. The zero-order chi connectivity index (χ0) is 26.6. The first-order valence-electron chi connectivity index (χ1n) is 14.6. The fourth-order valence-electron chi connectivity index (χ4n) is 6.10. The van der Waals surface area contributed by atoms with E-state index >= 15 is 0 Å². The number of aliphatic imine (C=N–C) groups is 1. The number of aliphatic hydroxyl groups excluding tert-OH is 1. The number of aromatic nitrogens is 1. The molecule has 7 heteroatoms. The van der Waals surface area contributed by atoms with Gasteiger partial charge in [0.2, 0.25) is 5.96 Å². The third-order valence-corrected chi connectivity index (χ3v) is 8.73. The molecule has 1 atom stereocenters. The van der Waals surface area contributed by atoms with Crippen LogP contribution >= 0.6 is 0 Å². The van der Waals surface area contributed by atoms with E-state index in [9.17, 15) is 5.11 Å². The molecule has 1 aromatic heterocycles. The Morgan fingerprint density at radius 3 is 2.37 bits per heavy atom. The molecule has 2 N–H and O–H groups in total. The second-order valence-electron chi connectivity index (χ2n) is 12.0. The zero-order valence-electron chi connectivity index (χ0n) is 23.6. The highest BCUT2D eigenvalue weighted by molar-refractivity contribution is 5.84. The van der Waals surface area contributed by atoms with E-state index in [1.54, 1.807) is 0 Å². The highest BCUT2D eigenvalue weighted by Crippen LogP contribution is 2.38. The SMILES string of the molecule is C=N/C(=N\n1c(C)c(-c2ccc(CN3CCN(C)CC3)cc2)cc1[C@H]1CC[C@H](O)CC1)N[C@@H](C)CC1CC1. The van der Waals surface area contributed by atoms with Crippen molar-refractivity contribution in [3.8, 4) is 11.1 Å². The number of piperazine rings is 1. The Morgan fingerprint density at radius 1 is 1.05 bits per heavy atom. The second-order valence-corrected chi connectivity index (χ2v) is 12.0. The topological polar surface area (TPSA) is 68.4 Å². The molecule has 0 bridgehead atoms. The normalized spacial score (nSPS) is 24.4. The second kappa shape index (κ2) is 12.1. The number of hydrogen-bond donors (Lipinski definition) is 2. The van der Waals surface area contributed by atoms with Crippen molar-refractivity contribution in [1.29, 1.82) is 0 Å². The third kappa shape index (κ3) is 6.74. The van der Waals surface area contributed by atoms with Gasteiger partial charge in [0.05, 0.1) is 6.10 Å². The lowest BCUT2D eigenvalue weighted by Gasteiger charge is -2.32. The van der Waals surface area contributed by atoms with Crippen LogP contribution in [0.2, 0.25) is 0 Å². The molecule has 1 aromatic carbocycles. The minimum absolute atomic E-state index is 0.179. The number of nitrogens with zero attached hydrogens (tertiary/aromatic N) is 5. The van der Waals surface area contributed by atoms with Crippen LogP contribution in [0.5, 0.6) is 0 Å². The average molecular weight is 519 g/mol. The molecule has 38 heavy (non-hydrogen) atoms. The number of benzene rings is 1. The Balaban J connectivity index is 1.39. The van der Waals surface area contributed by atoms with Gasteiger partial charge < -0.3 is 15.3 Å². The van der Waals surface area contributed by atoms with Crippen molar-refractivity contribution in [1.82, 2.24) is 19.8 Å². The van der Waals surface area contributed by atoms with Crippen molar-refractivity contribution < 1.29 is 5.11 Å². The van der Waals surface area contributed by atoms with Crippen LogP contribution in [-0.4, -0.2) is 77.6 Å². The highest BCUT2D eigenvalue weighted by Gasteiger charge is 2.27. The number of rotatable bonds is 8. The van der Waals surface area contributed by atoms with Gasteiger partial charge in [0, 0.05) is 61.6 Å². The van der Waals surface area contributed by atoms with Gasteiger partial charge in [0.25, 0.3) is 0 Å². The Morgan fingerprint density at radius 2 is 1.74 bits per heavy atom. The van der Waals surface area contributed by atoms with Crippen molar-refractivity contribution in [3.63, 3.8) is 0 Å². The van der Waals surface area contributed by atoms with Gasteiger partial charge >= 0.3 is 0 Å². The minimum atomic E-state index is -0.179. The van der Waals surface area contributed by atoms with Gasteiger partial charge in [0.1, 0.15) is 0 Å². The summed E-state index contributed by atoms with van der Waals surface area (Å²) < 4.78 is 2.09. The molecule has 2 aromatic rings. The predicted octanol–water partition coefficient (Wildman–Crippen LogP) is 4.83. The number of nitrogens with one attached hydrogen (secondary N) is 1. The fraction of sp³-hybridized carbons (Fsp3) is 0.613. The van der Waals surface area contributed by atoms with Crippen LogP contribution in [0.1, 0.15) is 74.7 Å². The summed E-state index contributed by atoms with van der Waals surface area (Å²) in [6.07, 6.45) is 7.30. The van der Waals surface area contributed by atoms with Crippen molar-refractivity contribution in [2.75, 3.05) is 33.2 Å². The third-order valence-electron chi connectivity index (χ3n) is 8.73. The van der Waals surface area contributed by atoms with Gasteiger partial charge in [-0.3, -0.25) is 4.90 Å². The lowest BCUT2D eigenvalue weighted by Crippen LogP contribution is -2.43. The molecule has 3 aliphatic rings. The lowest BCUT2D eigenvalue weighted by atomic mass is 9.85. The van der Waals surface area contributed by atoms with Gasteiger partial charge in [-0.15, -0.1) is 5.10 Å². The van der Waals surface area contributed by atoms with E-state index in [1.165, 1.54) is 35.2 Å². The van der Waals surface area contributed by atoms with E-state index in [-0.39, 0.29) is 6.10 Å².